The van der Waals surface area contributed by atoms with Crippen LogP contribution in [0.5, 0.6) is 0 Å². The molecule has 0 aromatic heterocycles. The summed E-state index contributed by atoms with van der Waals surface area (Å²) in [5.74, 6) is 0.0132. The normalized spacial score (nSPS) is 19.4. The summed E-state index contributed by atoms with van der Waals surface area (Å²) in [5.41, 5.74) is 3.14. The van der Waals surface area contributed by atoms with E-state index in [-0.39, 0.29) is 5.91 Å². The van der Waals surface area contributed by atoms with Crippen molar-refractivity contribution in [1.82, 2.24) is 0 Å². The van der Waals surface area contributed by atoms with Gasteiger partial charge in [-0.2, -0.15) is 0 Å². The van der Waals surface area contributed by atoms with E-state index < -0.39 is 5.54 Å². The molecule has 3 aromatic rings. The summed E-state index contributed by atoms with van der Waals surface area (Å²) in [4.78, 5) is 15.0. The van der Waals surface area contributed by atoms with Gasteiger partial charge in [-0.1, -0.05) is 60.1 Å². The minimum absolute atomic E-state index is 0.0132. The van der Waals surface area contributed by atoms with Crippen molar-refractivity contribution in [2.45, 2.75) is 12.5 Å². The van der Waals surface area contributed by atoms with Crippen LogP contribution >= 0.6 is 11.6 Å². The molecule has 0 N–H and O–H groups in total. The van der Waals surface area contributed by atoms with E-state index in [9.17, 15) is 4.79 Å². The van der Waals surface area contributed by atoms with Gasteiger partial charge in [-0.15, -0.1) is 0 Å². The van der Waals surface area contributed by atoms with Crippen LogP contribution in [0.4, 0.5) is 5.69 Å². The van der Waals surface area contributed by atoms with E-state index in [1.54, 1.807) is 0 Å². The van der Waals surface area contributed by atoms with Crippen LogP contribution in [0.2, 0.25) is 5.02 Å². The third kappa shape index (κ3) is 2.07. The fourth-order valence-corrected chi connectivity index (χ4v) is 3.68. The summed E-state index contributed by atoms with van der Waals surface area (Å²) in [7, 11) is 0. The molecular weight excluding hydrogens is 318 g/mol. The van der Waals surface area contributed by atoms with Crippen molar-refractivity contribution in [3.8, 4) is 0 Å². The monoisotopic (exact) mass is 333 g/mol. The summed E-state index contributed by atoms with van der Waals surface area (Å²) in [6.07, 6.45) is 0. The van der Waals surface area contributed by atoms with Crippen LogP contribution in [0, 0.1) is 0 Å². The summed E-state index contributed by atoms with van der Waals surface area (Å²) in [6, 6.07) is 25.4. The molecular formula is C21H16ClNO. The standard InChI is InChI=1S/C21H16ClNO/c1-21(15-7-3-2-4-8-15)19-10-6-5-9-18(19)20(24)23(21)17-13-11-16(22)12-14-17/h2-14H,1H3. The first-order valence-electron chi connectivity index (χ1n) is 7.87. The van der Waals surface area contributed by atoms with Gasteiger partial charge in [0.1, 0.15) is 0 Å². The molecule has 0 radical (unpaired) electrons. The Bertz CT molecular complexity index is 905. The largest absolute Gasteiger partial charge is 0.294 e. The Kier molecular flexibility index (Phi) is 3.43. The highest BCUT2D eigenvalue weighted by Crippen LogP contribution is 2.46. The summed E-state index contributed by atoms with van der Waals surface area (Å²) >= 11 is 6.03. The fraction of sp³-hybridized carbons (Fsp3) is 0.0952. The van der Waals surface area contributed by atoms with Gasteiger partial charge in [0, 0.05) is 16.3 Å². The number of hydrogen-bond acceptors (Lipinski definition) is 1. The number of benzene rings is 3. The van der Waals surface area contributed by atoms with Gasteiger partial charge in [0.15, 0.2) is 0 Å². The van der Waals surface area contributed by atoms with Crippen molar-refractivity contribution in [3.63, 3.8) is 0 Å². The fourth-order valence-electron chi connectivity index (χ4n) is 3.55. The topological polar surface area (TPSA) is 20.3 Å². The van der Waals surface area contributed by atoms with Crippen LogP contribution in [0.25, 0.3) is 0 Å². The van der Waals surface area contributed by atoms with E-state index >= 15 is 0 Å². The molecule has 0 aliphatic carbocycles. The summed E-state index contributed by atoms with van der Waals surface area (Å²) in [6.45, 7) is 2.10. The molecule has 1 aliphatic heterocycles. The summed E-state index contributed by atoms with van der Waals surface area (Å²) in [5, 5.41) is 0.657. The lowest BCUT2D eigenvalue weighted by Gasteiger charge is -2.36. The molecule has 118 valence electrons. The van der Waals surface area contributed by atoms with Gasteiger partial charge in [-0.25, -0.2) is 0 Å². The van der Waals surface area contributed by atoms with E-state index in [2.05, 4.69) is 19.1 Å². The van der Waals surface area contributed by atoms with Crippen molar-refractivity contribution < 1.29 is 4.79 Å². The molecule has 1 heterocycles. The number of rotatable bonds is 2. The zero-order valence-corrected chi connectivity index (χ0v) is 14.0. The molecule has 3 heteroatoms. The molecule has 0 bridgehead atoms. The second-order valence-corrected chi connectivity index (χ2v) is 6.54. The maximum Gasteiger partial charge on any atom is 0.259 e. The van der Waals surface area contributed by atoms with E-state index in [1.807, 2.05) is 71.6 Å². The molecule has 1 atom stereocenters. The molecule has 4 rings (SSSR count). The van der Waals surface area contributed by atoms with E-state index in [0.717, 1.165) is 22.4 Å². The second-order valence-electron chi connectivity index (χ2n) is 6.10. The number of halogens is 1. The Hall–Kier alpha value is -2.58. The minimum atomic E-state index is -0.553. The van der Waals surface area contributed by atoms with Gasteiger partial charge in [-0.05, 0) is 48.4 Å². The third-order valence-electron chi connectivity index (χ3n) is 4.75. The van der Waals surface area contributed by atoms with E-state index in [4.69, 9.17) is 11.6 Å². The van der Waals surface area contributed by atoms with Crippen molar-refractivity contribution in [3.05, 3.63) is 101 Å². The predicted molar refractivity (Wildman–Crippen MR) is 97.6 cm³/mol. The van der Waals surface area contributed by atoms with E-state index in [0.29, 0.717) is 5.02 Å². The Morgan fingerprint density at radius 1 is 0.833 bits per heavy atom. The molecule has 2 nitrogen and oxygen atoms in total. The van der Waals surface area contributed by atoms with Crippen LogP contribution in [0.3, 0.4) is 0 Å². The highest BCUT2D eigenvalue weighted by molar-refractivity contribution is 6.30. The van der Waals surface area contributed by atoms with Crippen molar-refractivity contribution in [2.24, 2.45) is 0 Å². The number of fused-ring (bicyclic) bond motifs is 1. The highest BCUT2D eigenvalue weighted by Gasteiger charge is 2.47. The zero-order chi connectivity index (χ0) is 16.7. The van der Waals surface area contributed by atoms with Gasteiger partial charge in [-0.3, -0.25) is 9.69 Å². The number of carbonyl (C=O) groups is 1. The maximum atomic E-state index is 13.2. The first kappa shape index (κ1) is 15.0. The van der Waals surface area contributed by atoms with Crippen LogP contribution in [-0.4, -0.2) is 5.91 Å². The molecule has 1 aliphatic rings. The molecule has 3 aromatic carbocycles. The van der Waals surface area contributed by atoms with Gasteiger partial charge in [0.2, 0.25) is 0 Å². The first-order chi connectivity index (χ1) is 11.6. The average Bonchev–Trinajstić information content (AvgIpc) is 2.86. The van der Waals surface area contributed by atoms with Crippen LogP contribution in [0.15, 0.2) is 78.9 Å². The second kappa shape index (κ2) is 5.50. The number of hydrogen-bond donors (Lipinski definition) is 0. The number of nitrogens with zero attached hydrogens (tertiary/aromatic N) is 1. The number of anilines is 1. The van der Waals surface area contributed by atoms with Crippen LogP contribution in [0.1, 0.15) is 28.4 Å². The molecule has 24 heavy (non-hydrogen) atoms. The number of carbonyl (C=O) groups excluding carboxylic acids is 1. The first-order valence-corrected chi connectivity index (χ1v) is 8.25. The quantitative estimate of drug-likeness (QED) is 0.626. The predicted octanol–water partition coefficient (Wildman–Crippen LogP) is 5.26. The minimum Gasteiger partial charge on any atom is -0.294 e. The maximum absolute atomic E-state index is 13.2. The Morgan fingerprint density at radius 2 is 1.46 bits per heavy atom. The van der Waals surface area contributed by atoms with Gasteiger partial charge in [0.25, 0.3) is 5.91 Å². The summed E-state index contributed by atoms with van der Waals surface area (Å²) < 4.78 is 0. The highest BCUT2D eigenvalue weighted by atomic mass is 35.5. The molecule has 0 spiro atoms. The van der Waals surface area contributed by atoms with Crippen molar-refractivity contribution >= 4 is 23.2 Å². The Morgan fingerprint density at radius 3 is 2.17 bits per heavy atom. The lowest BCUT2D eigenvalue weighted by molar-refractivity contribution is 0.0984. The third-order valence-corrected chi connectivity index (χ3v) is 5.00. The van der Waals surface area contributed by atoms with Crippen LogP contribution in [-0.2, 0) is 5.54 Å². The Balaban J connectivity index is 1.98. The number of amides is 1. The molecule has 1 unspecified atom stereocenters. The lowest BCUT2D eigenvalue weighted by atomic mass is 9.84. The lowest BCUT2D eigenvalue weighted by Crippen LogP contribution is -2.42. The molecule has 0 fully saturated rings. The van der Waals surface area contributed by atoms with Crippen molar-refractivity contribution in [2.75, 3.05) is 4.90 Å². The smallest absolute Gasteiger partial charge is 0.259 e. The molecule has 0 saturated heterocycles. The Labute approximate surface area is 146 Å². The average molecular weight is 334 g/mol. The SMILES string of the molecule is CC1(c2ccccc2)c2ccccc2C(=O)N1c1ccc(Cl)cc1. The molecule has 0 saturated carbocycles. The van der Waals surface area contributed by atoms with Gasteiger partial charge in [0.05, 0.1) is 5.54 Å². The van der Waals surface area contributed by atoms with Gasteiger partial charge < -0.3 is 0 Å². The van der Waals surface area contributed by atoms with Crippen molar-refractivity contribution in [1.29, 1.82) is 0 Å². The van der Waals surface area contributed by atoms with Crippen LogP contribution < -0.4 is 4.90 Å². The van der Waals surface area contributed by atoms with Gasteiger partial charge >= 0.3 is 0 Å². The molecule has 1 amide bonds. The van der Waals surface area contributed by atoms with E-state index in [1.165, 1.54) is 0 Å². The zero-order valence-electron chi connectivity index (χ0n) is 13.2.